The summed E-state index contributed by atoms with van der Waals surface area (Å²) in [6.45, 7) is 6.33. The van der Waals surface area contributed by atoms with E-state index in [9.17, 15) is 10.2 Å². The molecule has 38 heavy (non-hydrogen) atoms. The van der Waals surface area contributed by atoms with Gasteiger partial charge in [0.2, 0.25) is 5.95 Å². The van der Waals surface area contributed by atoms with Crippen molar-refractivity contribution in [3.05, 3.63) is 34.1 Å². The molecule has 4 N–H and O–H groups in total. The maximum absolute atomic E-state index is 11.0. The molecule has 1 unspecified atom stereocenters. The van der Waals surface area contributed by atoms with Gasteiger partial charge in [-0.25, -0.2) is 9.97 Å². The molecule has 3 saturated carbocycles. The molecule has 3 aliphatic rings. The second-order valence-electron chi connectivity index (χ2n) is 11.4. The number of azide groups is 1. The maximum atomic E-state index is 11.0. The molecule has 3 aromatic heterocycles. The van der Waals surface area contributed by atoms with Crippen molar-refractivity contribution in [1.29, 1.82) is 0 Å². The first-order valence-corrected chi connectivity index (χ1v) is 14.1. The largest absolute Gasteiger partial charge is 0.390 e. The van der Waals surface area contributed by atoms with Crippen molar-refractivity contribution in [1.82, 2.24) is 19.9 Å². The fourth-order valence-electron chi connectivity index (χ4n) is 5.45. The average molecular weight is 536 g/mol. The molecule has 0 aliphatic heterocycles. The van der Waals surface area contributed by atoms with Gasteiger partial charge in [-0.1, -0.05) is 19.0 Å². The van der Waals surface area contributed by atoms with Gasteiger partial charge in [0, 0.05) is 35.0 Å². The SMILES string of the molecule is Cc1nc(NCC2CC2)nc(NC2C[C@H](C(C)(C)N=[N+]=[N-])[C@@H](O)[C@H]2O)c1-c1nc2c(C3CC3)nccc2s1. The van der Waals surface area contributed by atoms with Gasteiger partial charge in [-0.3, -0.25) is 4.98 Å². The number of rotatable bonds is 9. The number of hydrogen-bond donors (Lipinski definition) is 4. The van der Waals surface area contributed by atoms with Gasteiger partial charge in [-0.2, -0.15) is 4.98 Å². The number of hydrogen-bond acceptors (Lipinski definition) is 10. The predicted molar refractivity (Wildman–Crippen MR) is 147 cm³/mol. The van der Waals surface area contributed by atoms with Crippen molar-refractivity contribution in [3.63, 3.8) is 0 Å². The molecular formula is C26H33N9O2S. The van der Waals surface area contributed by atoms with E-state index < -0.39 is 29.7 Å². The van der Waals surface area contributed by atoms with E-state index in [4.69, 9.17) is 20.5 Å². The molecule has 3 heterocycles. The molecule has 11 nitrogen and oxygen atoms in total. The van der Waals surface area contributed by atoms with Crippen molar-refractivity contribution < 1.29 is 10.2 Å². The Bertz CT molecular complexity index is 1410. The smallest absolute Gasteiger partial charge is 0.224 e. The fourth-order valence-corrected chi connectivity index (χ4v) is 6.52. The Labute approximate surface area is 224 Å². The number of aliphatic hydroxyl groups is 2. The quantitative estimate of drug-likeness (QED) is 0.173. The summed E-state index contributed by atoms with van der Waals surface area (Å²) < 4.78 is 1.07. The van der Waals surface area contributed by atoms with Gasteiger partial charge in [0.15, 0.2) is 0 Å². The Morgan fingerprint density at radius 2 is 1.95 bits per heavy atom. The van der Waals surface area contributed by atoms with E-state index >= 15 is 0 Å². The summed E-state index contributed by atoms with van der Waals surface area (Å²) in [5.41, 5.74) is 11.7. The van der Waals surface area contributed by atoms with Gasteiger partial charge in [0.25, 0.3) is 0 Å². The molecule has 200 valence electrons. The zero-order valence-electron chi connectivity index (χ0n) is 21.8. The van der Waals surface area contributed by atoms with Gasteiger partial charge in [-0.15, -0.1) is 11.3 Å². The van der Waals surface area contributed by atoms with Crippen LogP contribution in [-0.2, 0) is 0 Å². The Morgan fingerprint density at radius 1 is 1.16 bits per heavy atom. The standard InChI is InChI=1S/C26H33N9O2S/c1-12-18(24-32-20-17(38-24)8-9-28-19(20)14-6-7-14)23(33-25(30-12)29-11-13-4-5-13)31-16-10-15(21(36)22(16)37)26(2,3)34-35-27/h8-9,13-16,21-22,36-37H,4-7,10-11H2,1-3H3,(H2,29,30,31,33)/t15-,16?,21+,22-/m0/s1. The predicted octanol–water partition coefficient (Wildman–Crippen LogP) is 4.77. The minimum absolute atomic E-state index is 0.414. The van der Waals surface area contributed by atoms with Gasteiger partial charge < -0.3 is 20.8 Å². The average Bonchev–Trinajstić information content (AvgIpc) is 3.80. The molecule has 0 aromatic carbocycles. The summed E-state index contributed by atoms with van der Waals surface area (Å²) in [4.78, 5) is 22.2. The lowest BCUT2D eigenvalue weighted by Crippen LogP contribution is -2.39. The van der Waals surface area contributed by atoms with Gasteiger partial charge >= 0.3 is 0 Å². The normalized spacial score (nSPS) is 25.4. The van der Waals surface area contributed by atoms with Crippen molar-refractivity contribution in [3.8, 4) is 10.6 Å². The van der Waals surface area contributed by atoms with Crippen molar-refractivity contribution >= 4 is 33.3 Å². The highest BCUT2D eigenvalue weighted by atomic mass is 32.1. The summed E-state index contributed by atoms with van der Waals surface area (Å²) >= 11 is 1.58. The first-order valence-electron chi connectivity index (χ1n) is 13.3. The van der Waals surface area contributed by atoms with E-state index in [0.717, 1.165) is 51.6 Å². The summed E-state index contributed by atoms with van der Waals surface area (Å²) in [6, 6.07) is 1.50. The van der Waals surface area contributed by atoms with E-state index in [0.29, 0.717) is 30.0 Å². The number of thiazole rings is 1. The van der Waals surface area contributed by atoms with E-state index in [1.54, 1.807) is 25.2 Å². The molecule has 0 saturated heterocycles. The third kappa shape index (κ3) is 4.77. The van der Waals surface area contributed by atoms with Crippen LogP contribution < -0.4 is 10.6 Å². The summed E-state index contributed by atoms with van der Waals surface area (Å²) in [6.07, 6.45) is 4.89. The number of aryl methyl sites for hydroxylation is 1. The van der Waals surface area contributed by atoms with Crippen LogP contribution in [0.5, 0.6) is 0 Å². The maximum Gasteiger partial charge on any atom is 0.224 e. The monoisotopic (exact) mass is 535 g/mol. The number of anilines is 2. The van der Waals surface area contributed by atoms with E-state index in [-0.39, 0.29) is 0 Å². The van der Waals surface area contributed by atoms with Gasteiger partial charge in [0.1, 0.15) is 22.4 Å². The van der Waals surface area contributed by atoms with Crippen molar-refractivity contribution in [2.45, 2.75) is 82.6 Å². The summed E-state index contributed by atoms with van der Waals surface area (Å²) in [5, 5.41) is 33.3. The lowest BCUT2D eigenvalue weighted by atomic mass is 9.85. The van der Waals surface area contributed by atoms with E-state index in [2.05, 4.69) is 25.6 Å². The number of fused-ring (bicyclic) bond motifs is 1. The molecule has 12 heteroatoms. The molecule has 0 amide bonds. The molecule has 0 radical (unpaired) electrons. The third-order valence-electron chi connectivity index (χ3n) is 8.06. The lowest BCUT2D eigenvalue weighted by molar-refractivity contribution is 0.00301. The molecular weight excluding hydrogens is 502 g/mol. The molecule has 3 aliphatic carbocycles. The highest BCUT2D eigenvalue weighted by molar-refractivity contribution is 7.21. The van der Waals surface area contributed by atoms with E-state index in [1.807, 2.05) is 19.2 Å². The van der Waals surface area contributed by atoms with Crippen molar-refractivity contribution in [2.75, 3.05) is 17.2 Å². The molecule has 0 bridgehead atoms. The molecule has 3 fully saturated rings. The number of aliphatic hydroxyl groups excluding tert-OH is 2. The van der Waals surface area contributed by atoms with Crippen molar-refractivity contribution in [2.24, 2.45) is 17.0 Å². The van der Waals surface area contributed by atoms with Crippen LogP contribution in [0.15, 0.2) is 17.4 Å². The first-order chi connectivity index (χ1) is 18.2. The van der Waals surface area contributed by atoms with Crippen LogP contribution in [0.25, 0.3) is 31.2 Å². The van der Waals surface area contributed by atoms with Gasteiger partial charge in [-0.05, 0) is 56.5 Å². The van der Waals surface area contributed by atoms with E-state index in [1.165, 1.54) is 12.8 Å². The van der Waals surface area contributed by atoms with Crippen LogP contribution in [0, 0.1) is 18.8 Å². The molecule has 4 atom stereocenters. The number of nitrogens with one attached hydrogen (secondary N) is 2. The van der Waals surface area contributed by atoms with Crippen LogP contribution in [-0.4, -0.2) is 60.5 Å². The third-order valence-corrected chi connectivity index (χ3v) is 9.10. The highest BCUT2D eigenvalue weighted by Crippen LogP contribution is 2.45. The molecule has 3 aromatic rings. The van der Waals surface area contributed by atoms with Gasteiger partial charge in [0.05, 0.1) is 33.8 Å². The van der Waals surface area contributed by atoms with Crippen LogP contribution in [0.3, 0.4) is 0 Å². The number of aromatic nitrogens is 4. The van der Waals surface area contributed by atoms with Crippen LogP contribution in [0.4, 0.5) is 11.8 Å². The Kier molecular flexibility index (Phi) is 6.38. The zero-order chi connectivity index (χ0) is 26.6. The Morgan fingerprint density at radius 3 is 2.66 bits per heavy atom. The first kappa shape index (κ1) is 25.2. The minimum atomic E-state index is -1.06. The highest BCUT2D eigenvalue weighted by Gasteiger charge is 2.48. The molecule has 6 rings (SSSR count). The topological polar surface area (TPSA) is 165 Å². The number of nitrogens with zero attached hydrogens (tertiary/aromatic N) is 7. The Balaban J connectivity index is 1.38. The second kappa shape index (κ2) is 9.60. The zero-order valence-corrected chi connectivity index (χ0v) is 22.6. The summed E-state index contributed by atoms with van der Waals surface area (Å²) in [7, 11) is 0. The Hall–Kier alpha value is -3.05. The lowest BCUT2D eigenvalue weighted by Gasteiger charge is -2.29. The second-order valence-corrected chi connectivity index (χ2v) is 12.5. The van der Waals surface area contributed by atoms with Crippen LogP contribution in [0.2, 0.25) is 0 Å². The minimum Gasteiger partial charge on any atom is -0.390 e. The van der Waals surface area contributed by atoms with Crippen LogP contribution >= 0.6 is 11.3 Å². The number of pyridine rings is 1. The van der Waals surface area contributed by atoms with Crippen LogP contribution in [0.1, 0.15) is 63.3 Å². The fraction of sp³-hybridized carbons (Fsp3) is 0.615. The molecule has 0 spiro atoms. The summed E-state index contributed by atoms with van der Waals surface area (Å²) in [5.74, 6) is 1.81.